The molecule has 30 heavy (non-hydrogen) atoms. The number of hydrogen-bond donors (Lipinski definition) is 1. The van der Waals surface area contributed by atoms with E-state index in [1.54, 1.807) is 30.0 Å². The molecule has 0 bridgehead atoms. The summed E-state index contributed by atoms with van der Waals surface area (Å²) in [6, 6.07) is 17.5. The van der Waals surface area contributed by atoms with Gasteiger partial charge in [0.05, 0.1) is 18.2 Å². The summed E-state index contributed by atoms with van der Waals surface area (Å²) in [7, 11) is 1.49. The van der Waals surface area contributed by atoms with E-state index in [-0.39, 0.29) is 11.5 Å². The number of nitrogens with zero attached hydrogens (tertiary/aromatic N) is 2. The summed E-state index contributed by atoms with van der Waals surface area (Å²) in [4.78, 5) is 17.6. The first-order valence-corrected chi connectivity index (χ1v) is 10.9. The Hall–Kier alpha value is -3.04. The number of rotatable bonds is 4. The van der Waals surface area contributed by atoms with E-state index in [1.807, 2.05) is 18.2 Å². The number of methoxy groups -OCH3 is 1. The number of phenolic OH excluding ortho intramolecular Hbond substituents is 1. The van der Waals surface area contributed by atoms with Gasteiger partial charge in [-0.05, 0) is 36.1 Å². The van der Waals surface area contributed by atoms with Crippen LogP contribution in [0, 0.1) is 17.2 Å². The Labute approximate surface area is 180 Å². The van der Waals surface area contributed by atoms with Crippen LogP contribution in [0.1, 0.15) is 36.3 Å². The van der Waals surface area contributed by atoms with E-state index in [2.05, 4.69) is 18.2 Å². The van der Waals surface area contributed by atoms with Gasteiger partial charge in [0.25, 0.3) is 0 Å². The Morgan fingerprint density at radius 2 is 2.03 bits per heavy atom. The van der Waals surface area contributed by atoms with Crippen molar-refractivity contribution in [3.05, 3.63) is 70.9 Å². The number of nitriles is 1. The molecule has 0 saturated heterocycles. The lowest BCUT2D eigenvalue weighted by atomic mass is 9.74. The highest BCUT2D eigenvalue weighted by molar-refractivity contribution is 8.13. The number of aromatic hydroxyl groups is 1. The van der Waals surface area contributed by atoms with Crippen molar-refractivity contribution in [1.82, 2.24) is 0 Å². The molecule has 0 fully saturated rings. The van der Waals surface area contributed by atoms with Gasteiger partial charge in [0.2, 0.25) is 0 Å². The van der Waals surface area contributed by atoms with Crippen molar-refractivity contribution in [3.8, 4) is 17.6 Å². The number of allylic oxidation sites excluding steroid dienone is 2. The van der Waals surface area contributed by atoms with Gasteiger partial charge >= 0.3 is 0 Å². The normalized spacial score (nSPS) is 20.9. The minimum absolute atomic E-state index is 0.0297. The van der Waals surface area contributed by atoms with Gasteiger partial charge in [-0.3, -0.25) is 4.79 Å². The molecule has 2 aromatic carbocycles. The van der Waals surface area contributed by atoms with Crippen LogP contribution in [0.4, 0.5) is 0 Å². The second kappa shape index (κ2) is 8.76. The van der Waals surface area contributed by atoms with Gasteiger partial charge in [0.15, 0.2) is 17.3 Å². The second-order valence-electron chi connectivity index (χ2n) is 7.38. The molecule has 2 aromatic rings. The van der Waals surface area contributed by atoms with E-state index in [4.69, 9.17) is 9.73 Å². The van der Waals surface area contributed by atoms with Crippen LogP contribution in [0.5, 0.6) is 11.5 Å². The van der Waals surface area contributed by atoms with E-state index in [9.17, 15) is 15.2 Å². The summed E-state index contributed by atoms with van der Waals surface area (Å²) in [5.41, 5.74) is 3.38. The Morgan fingerprint density at radius 1 is 1.23 bits per heavy atom. The number of thioether (sulfide) groups is 1. The summed E-state index contributed by atoms with van der Waals surface area (Å²) in [6.45, 7) is 0. The molecule has 1 aliphatic carbocycles. The first-order chi connectivity index (χ1) is 14.6. The predicted octanol–water partition coefficient (Wildman–Crippen LogP) is 4.98. The molecule has 2 aliphatic rings. The second-order valence-corrected chi connectivity index (χ2v) is 8.37. The van der Waals surface area contributed by atoms with Crippen molar-refractivity contribution in [2.24, 2.45) is 10.9 Å². The summed E-state index contributed by atoms with van der Waals surface area (Å²) in [5, 5.41) is 20.8. The van der Waals surface area contributed by atoms with Gasteiger partial charge in [-0.25, -0.2) is 4.99 Å². The van der Waals surface area contributed by atoms with Crippen molar-refractivity contribution in [2.45, 2.75) is 30.9 Å². The number of carbonyl (C=O) groups is 1. The lowest BCUT2D eigenvalue weighted by molar-refractivity contribution is -0.116. The molecular weight excluding hydrogens is 396 g/mol. The van der Waals surface area contributed by atoms with Crippen molar-refractivity contribution in [1.29, 1.82) is 5.26 Å². The van der Waals surface area contributed by atoms with Crippen molar-refractivity contribution in [3.63, 3.8) is 0 Å². The Morgan fingerprint density at radius 3 is 2.77 bits per heavy atom. The van der Waals surface area contributed by atoms with Crippen LogP contribution in [0.2, 0.25) is 0 Å². The Balaban J connectivity index is 1.76. The van der Waals surface area contributed by atoms with Crippen molar-refractivity contribution >= 4 is 22.6 Å². The van der Waals surface area contributed by atoms with Gasteiger partial charge in [0.1, 0.15) is 5.92 Å². The molecular formula is C24H22N2O3S. The fourth-order valence-corrected chi connectivity index (χ4v) is 5.11. The third-order valence-electron chi connectivity index (χ3n) is 5.52. The molecule has 1 N–H and O–H groups in total. The number of ketones is 1. The number of carbonyl (C=O) groups excluding carboxylic acids is 1. The average Bonchev–Trinajstić information content (AvgIpc) is 2.78. The summed E-state index contributed by atoms with van der Waals surface area (Å²) in [6.07, 6.45) is 1.99. The lowest BCUT2D eigenvalue weighted by Gasteiger charge is -2.33. The number of benzene rings is 2. The number of hydrogen-bond acceptors (Lipinski definition) is 6. The first kappa shape index (κ1) is 20.2. The maximum Gasteiger partial charge on any atom is 0.161 e. The van der Waals surface area contributed by atoms with Gasteiger partial charge in [-0.1, -0.05) is 36.4 Å². The summed E-state index contributed by atoms with van der Waals surface area (Å²) in [5.74, 6) is 0.152. The van der Waals surface area contributed by atoms with Crippen LogP contribution < -0.4 is 4.74 Å². The smallest absolute Gasteiger partial charge is 0.161 e. The molecule has 6 heteroatoms. The monoisotopic (exact) mass is 418 g/mol. The molecule has 4 rings (SSSR count). The molecule has 1 heterocycles. The minimum Gasteiger partial charge on any atom is -0.504 e. The zero-order valence-electron chi connectivity index (χ0n) is 16.7. The highest BCUT2D eigenvalue weighted by atomic mass is 32.2. The molecule has 0 spiro atoms. The van der Waals surface area contributed by atoms with Crippen LogP contribution in [-0.4, -0.2) is 23.0 Å². The summed E-state index contributed by atoms with van der Waals surface area (Å²) < 4.78 is 5.27. The van der Waals surface area contributed by atoms with Gasteiger partial charge in [-0.15, -0.1) is 11.8 Å². The topological polar surface area (TPSA) is 82.7 Å². The van der Waals surface area contributed by atoms with E-state index < -0.39 is 11.8 Å². The van der Waals surface area contributed by atoms with E-state index in [0.717, 1.165) is 34.7 Å². The zero-order chi connectivity index (χ0) is 21.1. The molecule has 0 radical (unpaired) electrons. The molecule has 2 atom stereocenters. The molecule has 5 nitrogen and oxygen atoms in total. The maximum atomic E-state index is 12.9. The third kappa shape index (κ3) is 3.86. The maximum absolute atomic E-state index is 12.9. The van der Waals surface area contributed by atoms with Crippen LogP contribution in [0.15, 0.2) is 64.8 Å². The van der Waals surface area contributed by atoms with Crippen LogP contribution in [0.25, 0.3) is 0 Å². The molecule has 1 unspecified atom stereocenters. The highest BCUT2D eigenvalue weighted by Gasteiger charge is 2.40. The zero-order valence-corrected chi connectivity index (χ0v) is 17.5. The van der Waals surface area contributed by atoms with E-state index in [1.165, 1.54) is 7.11 Å². The van der Waals surface area contributed by atoms with Crippen molar-refractivity contribution < 1.29 is 14.6 Å². The van der Waals surface area contributed by atoms with Gasteiger partial charge < -0.3 is 9.84 Å². The van der Waals surface area contributed by atoms with Crippen LogP contribution in [-0.2, 0) is 10.5 Å². The predicted molar refractivity (Wildman–Crippen MR) is 118 cm³/mol. The van der Waals surface area contributed by atoms with E-state index in [0.29, 0.717) is 23.5 Å². The fourth-order valence-electron chi connectivity index (χ4n) is 4.06. The van der Waals surface area contributed by atoms with Crippen LogP contribution >= 0.6 is 11.8 Å². The molecule has 1 aliphatic heterocycles. The number of phenols is 1. The molecule has 152 valence electrons. The fraction of sp³-hybridized carbons (Fsp3) is 0.292. The lowest BCUT2D eigenvalue weighted by Crippen LogP contribution is -2.30. The SMILES string of the molecule is COc1cc([C@H]2C3=C(CCCC3=O)N=C(SCc3ccccc3)C2C#N)ccc1O. The average molecular weight is 419 g/mol. The number of ether oxygens (including phenoxy) is 1. The van der Waals surface area contributed by atoms with Crippen LogP contribution in [0.3, 0.4) is 0 Å². The largest absolute Gasteiger partial charge is 0.504 e. The van der Waals surface area contributed by atoms with Gasteiger partial charge in [-0.2, -0.15) is 5.26 Å². The number of Topliss-reactive ketones (excluding diaryl/α,β-unsaturated/α-hetero) is 1. The molecule has 0 amide bonds. The highest BCUT2D eigenvalue weighted by Crippen LogP contribution is 2.46. The molecule has 0 aromatic heterocycles. The standard InChI is InChI=1S/C24H22N2O3S/c1-29-21-12-16(10-11-19(21)27)22-17(13-25)24(30-14-15-6-3-2-4-7-15)26-18-8-5-9-20(28)23(18)22/h2-4,6-7,10-12,17,22,27H,5,8-9,14H2,1H3/t17?,22-/m1/s1. The Kier molecular flexibility index (Phi) is 5.91. The minimum atomic E-state index is -0.561. The Bertz CT molecular complexity index is 1070. The first-order valence-electron chi connectivity index (χ1n) is 9.90. The van der Waals surface area contributed by atoms with E-state index >= 15 is 0 Å². The third-order valence-corrected chi connectivity index (χ3v) is 6.63. The quantitative estimate of drug-likeness (QED) is 0.757. The van der Waals surface area contributed by atoms with Gasteiger partial charge in [0, 0.05) is 29.4 Å². The summed E-state index contributed by atoms with van der Waals surface area (Å²) >= 11 is 1.55. The van der Waals surface area contributed by atoms with Crippen molar-refractivity contribution in [2.75, 3.05) is 7.11 Å². The molecule has 0 saturated carbocycles. The number of aliphatic imine (C=N–C) groups is 1.